The highest BCUT2D eigenvalue weighted by Crippen LogP contribution is 2.55. The van der Waals surface area contributed by atoms with Crippen LogP contribution in [0.5, 0.6) is 5.75 Å². The van der Waals surface area contributed by atoms with Gasteiger partial charge in [-0.3, -0.25) is 0 Å². The number of benzene rings is 3. The van der Waals surface area contributed by atoms with Gasteiger partial charge < -0.3 is 10.0 Å². The van der Waals surface area contributed by atoms with E-state index in [1.54, 1.807) is 11.8 Å². The molecule has 0 aromatic heterocycles. The van der Waals surface area contributed by atoms with Crippen LogP contribution in [0.15, 0.2) is 76.2 Å². The van der Waals surface area contributed by atoms with E-state index in [-0.39, 0.29) is 5.75 Å². The molecule has 0 fully saturated rings. The van der Waals surface area contributed by atoms with E-state index in [1.165, 1.54) is 0 Å². The molecule has 126 valence electrons. The van der Waals surface area contributed by atoms with Crippen LogP contribution < -0.4 is 4.90 Å². The monoisotopic (exact) mass is 603 g/mol. The molecule has 1 N–H and O–H groups in total. The quantitative estimate of drug-likeness (QED) is 0.235. The van der Waals surface area contributed by atoms with Gasteiger partial charge in [0.2, 0.25) is 0 Å². The van der Waals surface area contributed by atoms with E-state index in [0.29, 0.717) is 10.2 Å². The fourth-order valence-corrected chi connectivity index (χ4v) is 6.10. The molecule has 4 rings (SSSR count). The molecule has 3 aromatic rings. The summed E-state index contributed by atoms with van der Waals surface area (Å²) in [5.74, 6) is 0.206. The number of nitrogens with zero attached hydrogens (tertiary/aromatic N) is 1. The van der Waals surface area contributed by atoms with Crippen molar-refractivity contribution in [3.05, 3.63) is 66.4 Å². The number of phenols is 1. The van der Waals surface area contributed by atoms with Crippen LogP contribution >= 0.6 is 75.5 Å². The Morgan fingerprint density at radius 2 is 1.24 bits per heavy atom. The van der Waals surface area contributed by atoms with Crippen molar-refractivity contribution in [2.24, 2.45) is 0 Å². The van der Waals surface area contributed by atoms with E-state index >= 15 is 0 Å². The van der Waals surface area contributed by atoms with Crippen molar-refractivity contribution >= 4 is 92.5 Å². The van der Waals surface area contributed by atoms with Crippen LogP contribution in [-0.2, 0) is 0 Å². The Labute approximate surface area is 183 Å². The fourth-order valence-electron chi connectivity index (χ4n) is 2.74. The van der Waals surface area contributed by atoms with Gasteiger partial charge in [0.05, 0.1) is 21.5 Å². The first kappa shape index (κ1) is 17.9. The first-order valence-corrected chi connectivity index (χ1v) is 11.2. The molecule has 0 saturated heterocycles. The lowest BCUT2D eigenvalue weighted by molar-refractivity contribution is 0.473. The summed E-state index contributed by atoms with van der Waals surface area (Å²) in [4.78, 5) is 4.33. The number of hydrogen-bond acceptors (Lipinski definition) is 3. The van der Waals surface area contributed by atoms with Crippen molar-refractivity contribution < 1.29 is 5.11 Å². The number of halogens is 4. The number of hydrogen-bond donors (Lipinski definition) is 1. The molecule has 2 nitrogen and oxygen atoms in total. The van der Waals surface area contributed by atoms with Crippen molar-refractivity contribution in [2.75, 3.05) is 4.90 Å². The van der Waals surface area contributed by atoms with E-state index in [2.05, 4.69) is 92.9 Å². The van der Waals surface area contributed by atoms with Gasteiger partial charge in [0.15, 0.2) is 5.75 Å². The number of phenolic OH excluding ortho intramolecular Hbond substituents is 1. The number of aromatic hydroxyl groups is 1. The molecule has 0 radical (unpaired) electrons. The highest BCUT2D eigenvalue weighted by Gasteiger charge is 2.27. The summed E-state index contributed by atoms with van der Waals surface area (Å²) in [6.07, 6.45) is 0. The summed E-state index contributed by atoms with van der Waals surface area (Å²) in [5.41, 5.74) is 2.78. The van der Waals surface area contributed by atoms with Crippen LogP contribution in [0.2, 0.25) is 0 Å². The van der Waals surface area contributed by atoms with Crippen LogP contribution in [0.25, 0.3) is 0 Å². The maximum Gasteiger partial charge on any atom is 0.153 e. The number of fused-ring (bicyclic) bond motifs is 2. The largest absolute Gasteiger partial charge is 0.505 e. The number of rotatable bonds is 1. The second kappa shape index (κ2) is 6.93. The average molecular weight is 607 g/mol. The topological polar surface area (TPSA) is 23.5 Å². The predicted molar refractivity (Wildman–Crippen MR) is 118 cm³/mol. The summed E-state index contributed by atoms with van der Waals surface area (Å²) in [6, 6.07) is 16.1. The van der Waals surface area contributed by atoms with Crippen LogP contribution in [0, 0.1) is 0 Å². The molecule has 1 aliphatic rings. The summed E-state index contributed by atoms with van der Waals surface area (Å²) < 4.78 is 3.59. The van der Waals surface area contributed by atoms with Gasteiger partial charge in [0, 0.05) is 23.2 Å². The van der Waals surface area contributed by atoms with E-state index < -0.39 is 0 Å². The first-order valence-electron chi connectivity index (χ1n) is 7.19. The molecule has 0 spiro atoms. The Balaban J connectivity index is 2.02. The average Bonchev–Trinajstić information content (AvgIpc) is 2.56. The van der Waals surface area contributed by atoms with Gasteiger partial charge >= 0.3 is 0 Å². The van der Waals surface area contributed by atoms with Gasteiger partial charge in [-0.15, -0.1) is 0 Å². The van der Waals surface area contributed by atoms with Crippen LogP contribution in [-0.4, -0.2) is 5.11 Å². The maximum atomic E-state index is 10.7. The normalized spacial score (nSPS) is 12.7. The molecule has 25 heavy (non-hydrogen) atoms. The lowest BCUT2D eigenvalue weighted by atomic mass is 10.1. The van der Waals surface area contributed by atoms with Crippen molar-refractivity contribution in [3.63, 3.8) is 0 Å². The molecule has 0 aliphatic carbocycles. The molecule has 0 bridgehead atoms. The molecule has 0 atom stereocenters. The molecule has 0 saturated carbocycles. The fraction of sp³-hybridized carbons (Fsp3) is 0. The SMILES string of the molecule is Oc1c(Br)cc(Br)cc1N1c2ccc(Br)cc2Sc2cc(Br)ccc21. The van der Waals surface area contributed by atoms with E-state index in [9.17, 15) is 5.11 Å². The van der Waals surface area contributed by atoms with Gasteiger partial charge in [-0.1, -0.05) is 59.6 Å². The minimum Gasteiger partial charge on any atom is -0.505 e. The third-order valence-electron chi connectivity index (χ3n) is 3.79. The second-order valence-corrected chi connectivity index (χ2v) is 10.1. The third kappa shape index (κ3) is 3.30. The van der Waals surface area contributed by atoms with E-state index in [0.717, 1.165) is 34.6 Å². The van der Waals surface area contributed by atoms with Crippen LogP contribution in [0.4, 0.5) is 17.1 Å². The van der Waals surface area contributed by atoms with Gasteiger partial charge in [-0.2, -0.15) is 0 Å². The lowest BCUT2D eigenvalue weighted by Crippen LogP contribution is -2.15. The number of anilines is 3. The summed E-state index contributed by atoms with van der Waals surface area (Å²) >= 11 is 15.8. The van der Waals surface area contributed by atoms with Gasteiger partial charge in [0.25, 0.3) is 0 Å². The summed E-state index contributed by atoms with van der Waals surface area (Å²) in [5, 5.41) is 10.7. The Hall–Kier alpha value is -0.470. The summed E-state index contributed by atoms with van der Waals surface area (Å²) in [7, 11) is 0. The van der Waals surface area contributed by atoms with Gasteiger partial charge in [0.1, 0.15) is 0 Å². The second-order valence-electron chi connectivity index (χ2n) is 5.42. The third-order valence-corrected chi connectivity index (χ3v) is 6.94. The Morgan fingerprint density at radius 1 is 0.680 bits per heavy atom. The zero-order valence-corrected chi connectivity index (χ0v) is 19.6. The van der Waals surface area contributed by atoms with Crippen molar-refractivity contribution in [1.82, 2.24) is 0 Å². The lowest BCUT2D eigenvalue weighted by Gasteiger charge is -2.33. The van der Waals surface area contributed by atoms with Crippen molar-refractivity contribution in [1.29, 1.82) is 0 Å². The standard InChI is InChI=1S/C18H9Br4NOS/c19-9-1-3-13-16(7-9)25-17-8-10(20)2-4-14(17)23(13)15-6-11(21)5-12(22)18(15)24/h1-8,24H. The Bertz CT molecular complexity index is 957. The predicted octanol–water partition coefficient (Wildman–Crippen LogP) is 8.38. The molecule has 1 heterocycles. The first-order chi connectivity index (χ1) is 11.9. The molecule has 7 heteroatoms. The van der Waals surface area contributed by atoms with Crippen LogP contribution in [0.3, 0.4) is 0 Å². The molecular weight excluding hydrogens is 598 g/mol. The highest BCUT2D eigenvalue weighted by atomic mass is 79.9. The molecule has 1 aliphatic heterocycles. The zero-order valence-electron chi connectivity index (χ0n) is 12.4. The molecule has 3 aromatic carbocycles. The minimum absolute atomic E-state index is 0.206. The van der Waals surface area contributed by atoms with Crippen molar-refractivity contribution in [2.45, 2.75) is 9.79 Å². The van der Waals surface area contributed by atoms with Gasteiger partial charge in [-0.05, 0) is 64.5 Å². The smallest absolute Gasteiger partial charge is 0.153 e. The van der Waals surface area contributed by atoms with E-state index in [4.69, 9.17) is 0 Å². The molecule has 0 unspecified atom stereocenters. The summed E-state index contributed by atoms with van der Waals surface area (Å²) in [6.45, 7) is 0. The van der Waals surface area contributed by atoms with E-state index in [1.807, 2.05) is 24.3 Å². The highest BCUT2D eigenvalue weighted by molar-refractivity contribution is 9.11. The van der Waals surface area contributed by atoms with Crippen molar-refractivity contribution in [3.8, 4) is 5.75 Å². The zero-order chi connectivity index (χ0) is 17.7. The Kier molecular flexibility index (Phi) is 4.96. The van der Waals surface area contributed by atoms with Crippen LogP contribution in [0.1, 0.15) is 0 Å². The maximum absolute atomic E-state index is 10.7. The molecular formula is C18H9Br4NOS. The van der Waals surface area contributed by atoms with Gasteiger partial charge in [-0.25, -0.2) is 0 Å². The minimum atomic E-state index is 0.206. The molecule has 0 amide bonds. The Morgan fingerprint density at radius 3 is 1.80 bits per heavy atom.